The van der Waals surface area contributed by atoms with Crippen LogP contribution >= 0.6 is 0 Å². The minimum atomic E-state index is -0.920. The van der Waals surface area contributed by atoms with Crippen molar-refractivity contribution in [3.05, 3.63) is 34.9 Å². The van der Waals surface area contributed by atoms with E-state index in [4.69, 9.17) is 10.8 Å². The molecule has 5 heteroatoms. The summed E-state index contributed by atoms with van der Waals surface area (Å²) in [6, 6.07) is 5.24. The molecule has 0 atom stereocenters. The Labute approximate surface area is 136 Å². The minimum Gasteiger partial charge on any atom is -0.478 e. The predicted molar refractivity (Wildman–Crippen MR) is 87.0 cm³/mol. The molecule has 1 aromatic carbocycles. The molecule has 3 rings (SSSR count). The fraction of sp³-hybridized carbons (Fsp3) is 0.556. The molecule has 1 amide bonds. The third-order valence-electron chi connectivity index (χ3n) is 5.31. The van der Waals surface area contributed by atoms with E-state index in [-0.39, 0.29) is 11.8 Å². The normalized spacial score (nSPS) is 24.1. The van der Waals surface area contributed by atoms with Gasteiger partial charge in [-0.2, -0.15) is 0 Å². The average Bonchev–Trinajstić information content (AvgIpc) is 2.60. The van der Waals surface area contributed by atoms with Crippen LogP contribution in [0.4, 0.5) is 0 Å². The molecular weight excluding hydrogens is 292 g/mol. The summed E-state index contributed by atoms with van der Waals surface area (Å²) >= 11 is 0. The number of carbonyl (C=O) groups excluding carboxylic acids is 1. The maximum Gasteiger partial charge on any atom is 0.335 e. The molecule has 1 heterocycles. The molecule has 23 heavy (non-hydrogen) atoms. The van der Waals surface area contributed by atoms with E-state index in [1.807, 2.05) is 11.0 Å². The van der Waals surface area contributed by atoms with Crippen LogP contribution in [0.1, 0.15) is 47.2 Å². The van der Waals surface area contributed by atoms with E-state index in [1.165, 1.54) is 0 Å². The Bertz CT molecular complexity index is 606. The number of carbonyl (C=O) groups is 2. The molecule has 1 aliphatic carbocycles. The van der Waals surface area contributed by atoms with Crippen LogP contribution < -0.4 is 5.73 Å². The summed E-state index contributed by atoms with van der Waals surface area (Å²) in [5.41, 5.74) is 8.14. The van der Waals surface area contributed by atoms with Crippen LogP contribution in [0.15, 0.2) is 18.2 Å². The van der Waals surface area contributed by atoms with Crippen LogP contribution in [0.5, 0.6) is 0 Å². The van der Waals surface area contributed by atoms with Crippen molar-refractivity contribution in [2.24, 2.45) is 17.6 Å². The Morgan fingerprint density at radius 1 is 1.17 bits per heavy atom. The van der Waals surface area contributed by atoms with E-state index in [0.717, 1.165) is 56.3 Å². The predicted octanol–water partition coefficient (Wildman–Crippen LogP) is 2.03. The van der Waals surface area contributed by atoms with Crippen molar-refractivity contribution in [3.63, 3.8) is 0 Å². The van der Waals surface area contributed by atoms with Crippen molar-refractivity contribution in [3.8, 4) is 0 Å². The number of fused-ring (bicyclic) bond motifs is 1. The highest BCUT2D eigenvalue weighted by Crippen LogP contribution is 2.31. The fourth-order valence-corrected chi connectivity index (χ4v) is 3.78. The van der Waals surface area contributed by atoms with Crippen LogP contribution in [0.25, 0.3) is 0 Å². The Hall–Kier alpha value is -1.88. The number of amides is 1. The Balaban J connectivity index is 1.68. The van der Waals surface area contributed by atoms with Crippen LogP contribution in [0.2, 0.25) is 0 Å². The van der Waals surface area contributed by atoms with Gasteiger partial charge in [0.1, 0.15) is 0 Å². The van der Waals surface area contributed by atoms with E-state index < -0.39 is 5.97 Å². The van der Waals surface area contributed by atoms with Gasteiger partial charge in [-0.15, -0.1) is 0 Å². The highest BCUT2D eigenvalue weighted by atomic mass is 16.4. The van der Waals surface area contributed by atoms with E-state index in [2.05, 4.69) is 0 Å². The fourth-order valence-electron chi connectivity index (χ4n) is 3.78. The Morgan fingerprint density at radius 2 is 1.91 bits per heavy atom. The standard InChI is InChI=1S/C18H24N2O3/c19-10-12-1-3-14(4-2-12)17(21)20-8-7-13-5-6-15(18(22)23)9-16(13)11-20/h5-6,9,12,14H,1-4,7-8,10-11,19H2,(H,22,23). The van der Waals surface area contributed by atoms with Crippen molar-refractivity contribution in [1.82, 2.24) is 4.90 Å². The summed E-state index contributed by atoms with van der Waals surface area (Å²) in [7, 11) is 0. The van der Waals surface area contributed by atoms with Gasteiger partial charge in [-0.1, -0.05) is 6.07 Å². The highest BCUT2D eigenvalue weighted by molar-refractivity contribution is 5.88. The molecule has 3 N–H and O–H groups in total. The molecular formula is C18H24N2O3. The number of carboxylic acid groups (broad SMARTS) is 1. The maximum atomic E-state index is 12.8. The monoisotopic (exact) mass is 316 g/mol. The Kier molecular flexibility index (Phi) is 4.66. The van der Waals surface area contributed by atoms with Crippen molar-refractivity contribution >= 4 is 11.9 Å². The minimum absolute atomic E-state index is 0.113. The lowest BCUT2D eigenvalue weighted by Crippen LogP contribution is -2.41. The smallest absolute Gasteiger partial charge is 0.335 e. The second kappa shape index (κ2) is 6.71. The van der Waals surface area contributed by atoms with Crippen LogP contribution in [0.3, 0.4) is 0 Å². The second-order valence-electron chi connectivity index (χ2n) is 6.75. The van der Waals surface area contributed by atoms with E-state index in [9.17, 15) is 9.59 Å². The van der Waals surface area contributed by atoms with Crippen molar-refractivity contribution in [1.29, 1.82) is 0 Å². The highest BCUT2D eigenvalue weighted by Gasteiger charge is 2.30. The number of nitrogens with two attached hydrogens (primary N) is 1. The van der Waals surface area contributed by atoms with E-state index in [1.54, 1.807) is 12.1 Å². The molecule has 0 radical (unpaired) electrons. The quantitative estimate of drug-likeness (QED) is 0.894. The zero-order valence-electron chi connectivity index (χ0n) is 13.3. The van der Waals surface area contributed by atoms with Gasteiger partial charge in [-0.05, 0) is 67.8 Å². The third kappa shape index (κ3) is 3.39. The van der Waals surface area contributed by atoms with Crippen LogP contribution in [0, 0.1) is 11.8 Å². The van der Waals surface area contributed by atoms with Gasteiger partial charge in [0.05, 0.1) is 5.56 Å². The third-order valence-corrected chi connectivity index (χ3v) is 5.31. The molecule has 1 aliphatic heterocycles. The molecule has 5 nitrogen and oxygen atoms in total. The van der Waals surface area contributed by atoms with Crippen molar-refractivity contribution in [2.75, 3.05) is 13.1 Å². The lowest BCUT2D eigenvalue weighted by Gasteiger charge is -2.34. The van der Waals surface area contributed by atoms with Crippen molar-refractivity contribution in [2.45, 2.75) is 38.6 Å². The van der Waals surface area contributed by atoms with E-state index >= 15 is 0 Å². The van der Waals surface area contributed by atoms with Crippen LogP contribution in [-0.2, 0) is 17.8 Å². The molecule has 0 unspecified atom stereocenters. The van der Waals surface area contributed by atoms with Crippen LogP contribution in [-0.4, -0.2) is 35.0 Å². The number of carboxylic acids is 1. The molecule has 0 bridgehead atoms. The summed E-state index contributed by atoms with van der Waals surface area (Å²) in [6.07, 6.45) is 4.75. The maximum absolute atomic E-state index is 12.8. The second-order valence-corrected chi connectivity index (χ2v) is 6.75. The van der Waals surface area contributed by atoms with E-state index in [0.29, 0.717) is 18.0 Å². The van der Waals surface area contributed by atoms with Gasteiger partial charge < -0.3 is 15.7 Å². The molecule has 1 saturated carbocycles. The molecule has 124 valence electrons. The number of rotatable bonds is 3. The van der Waals surface area contributed by atoms with Crippen molar-refractivity contribution < 1.29 is 14.7 Å². The lowest BCUT2D eigenvalue weighted by molar-refractivity contribution is -0.137. The summed E-state index contributed by atoms with van der Waals surface area (Å²) in [4.78, 5) is 25.8. The topological polar surface area (TPSA) is 83.6 Å². The van der Waals surface area contributed by atoms with Gasteiger partial charge in [0.2, 0.25) is 5.91 Å². The Morgan fingerprint density at radius 3 is 2.57 bits per heavy atom. The molecule has 2 aliphatic rings. The molecule has 1 fully saturated rings. The van der Waals surface area contributed by atoms with Gasteiger partial charge in [0.15, 0.2) is 0 Å². The van der Waals surface area contributed by atoms with Gasteiger partial charge in [-0.3, -0.25) is 4.79 Å². The first kappa shape index (κ1) is 16.0. The van der Waals surface area contributed by atoms with Gasteiger partial charge in [0, 0.05) is 19.0 Å². The first-order valence-electron chi connectivity index (χ1n) is 8.42. The largest absolute Gasteiger partial charge is 0.478 e. The first-order valence-corrected chi connectivity index (χ1v) is 8.42. The summed E-state index contributed by atoms with van der Waals surface area (Å²) in [6.45, 7) is 1.98. The molecule has 0 saturated heterocycles. The van der Waals surface area contributed by atoms with Gasteiger partial charge in [-0.25, -0.2) is 4.79 Å². The zero-order chi connectivity index (χ0) is 16.4. The number of aromatic carboxylic acids is 1. The number of nitrogens with zero attached hydrogens (tertiary/aromatic N) is 1. The summed E-state index contributed by atoms with van der Waals surface area (Å²) < 4.78 is 0. The zero-order valence-corrected chi connectivity index (χ0v) is 13.3. The molecule has 1 aromatic rings. The number of benzene rings is 1. The number of hydrogen-bond acceptors (Lipinski definition) is 3. The molecule has 0 aromatic heterocycles. The summed E-state index contributed by atoms with van der Waals surface area (Å²) in [5.74, 6) is -0.00975. The SMILES string of the molecule is NCC1CCC(C(=O)N2CCc3ccc(C(=O)O)cc3C2)CC1. The van der Waals surface area contributed by atoms with Gasteiger partial charge in [0.25, 0.3) is 0 Å². The number of hydrogen-bond donors (Lipinski definition) is 2. The lowest BCUT2D eigenvalue weighted by atomic mass is 9.81. The average molecular weight is 316 g/mol. The molecule has 0 spiro atoms. The van der Waals surface area contributed by atoms with Gasteiger partial charge >= 0.3 is 5.97 Å². The first-order chi connectivity index (χ1) is 11.1. The summed E-state index contributed by atoms with van der Waals surface area (Å²) in [5, 5.41) is 9.12.